The molecule has 118 valence electrons. The predicted octanol–water partition coefficient (Wildman–Crippen LogP) is 3.10. The molecular formula is C16H26FN3O. The molecule has 0 aliphatic rings. The van der Waals surface area contributed by atoms with Gasteiger partial charge in [0.25, 0.3) is 0 Å². The maximum absolute atomic E-state index is 12.9. The van der Waals surface area contributed by atoms with Gasteiger partial charge in [-0.1, -0.05) is 13.8 Å². The quantitative estimate of drug-likeness (QED) is 0.725. The number of benzene rings is 1. The van der Waals surface area contributed by atoms with Crippen molar-refractivity contribution in [1.29, 1.82) is 0 Å². The molecule has 0 fully saturated rings. The van der Waals surface area contributed by atoms with E-state index in [1.165, 1.54) is 18.2 Å². The molecule has 0 saturated carbocycles. The molecule has 0 aromatic heterocycles. The maximum atomic E-state index is 12.9. The van der Waals surface area contributed by atoms with E-state index in [-0.39, 0.29) is 11.6 Å². The number of nitrogens with zero attached hydrogens (tertiary/aromatic N) is 1. The van der Waals surface area contributed by atoms with Crippen molar-refractivity contribution in [3.05, 3.63) is 24.0 Å². The van der Waals surface area contributed by atoms with Gasteiger partial charge in [0.2, 0.25) is 5.91 Å². The van der Waals surface area contributed by atoms with Crippen LogP contribution in [0.5, 0.6) is 0 Å². The summed E-state index contributed by atoms with van der Waals surface area (Å²) in [5, 5.41) is 2.71. The summed E-state index contributed by atoms with van der Waals surface area (Å²) < 4.78 is 12.9. The lowest BCUT2D eigenvalue weighted by Crippen LogP contribution is -2.23. The van der Waals surface area contributed by atoms with E-state index < -0.39 is 5.82 Å². The van der Waals surface area contributed by atoms with Gasteiger partial charge in [0.15, 0.2) is 0 Å². The summed E-state index contributed by atoms with van der Waals surface area (Å²) in [4.78, 5) is 14.1. The Morgan fingerprint density at radius 3 is 2.71 bits per heavy atom. The molecule has 3 N–H and O–H groups in total. The predicted molar refractivity (Wildman–Crippen MR) is 85.6 cm³/mol. The van der Waals surface area contributed by atoms with Crippen molar-refractivity contribution in [3.8, 4) is 0 Å². The van der Waals surface area contributed by atoms with Gasteiger partial charge in [-0.2, -0.15) is 0 Å². The van der Waals surface area contributed by atoms with E-state index in [9.17, 15) is 9.18 Å². The molecule has 0 atom stereocenters. The molecule has 4 nitrogen and oxygen atoms in total. The van der Waals surface area contributed by atoms with Crippen molar-refractivity contribution < 1.29 is 9.18 Å². The molecule has 0 heterocycles. The molecule has 0 aliphatic heterocycles. The lowest BCUT2D eigenvalue weighted by molar-refractivity contribution is -0.116. The minimum atomic E-state index is -0.405. The largest absolute Gasteiger partial charge is 0.397 e. The lowest BCUT2D eigenvalue weighted by atomic mass is 10.1. The van der Waals surface area contributed by atoms with E-state index in [0.29, 0.717) is 18.0 Å². The van der Waals surface area contributed by atoms with Gasteiger partial charge in [0.05, 0.1) is 11.4 Å². The van der Waals surface area contributed by atoms with Crippen molar-refractivity contribution in [2.75, 3.05) is 31.2 Å². The number of hydrogen-bond acceptors (Lipinski definition) is 3. The summed E-state index contributed by atoms with van der Waals surface area (Å²) in [6, 6.07) is 3.97. The third-order valence-corrected chi connectivity index (χ3v) is 3.32. The Hall–Kier alpha value is -1.62. The fraction of sp³-hybridized carbons (Fsp3) is 0.562. The summed E-state index contributed by atoms with van der Waals surface area (Å²) in [6.45, 7) is 6.34. The zero-order chi connectivity index (χ0) is 15.8. The topological polar surface area (TPSA) is 58.4 Å². The fourth-order valence-electron chi connectivity index (χ4n) is 1.96. The molecule has 0 spiro atoms. The average Bonchev–Trinajstić information content (AvgIpc) is 2.39. The summed E-state index contributed by atoms with van der Waals surface area (Å²) in [6.07, 6.45) is 2.39. The molecule has 5 heteroatoms. The van der Waals surface area contributed by atoms with E-state index in [1.807, 2.05) is 0 Å². The van der Waals surface area contributed by atoms with Crippen LogP contribution in [0, 0.1) is 11.7 Å². The number of nitrogens with one attached hydrogen (secondary N) is 1. The van der Waals surface area contributed by atoms with Crippen LogP contribution in [0.1, 0.15) is 33.1 Å². The fourth-order valence-corrected chi connectivity index (χ4v) is 1.96. The first-order chi connectivity index (χ1) is 9.88. The smallest absolute Gasteiger partial charge is 0.224 e. The van der Waals surface area contributed by atoms with Crippen LogP contribution in [0.15, 0.2) is 18.2 Å². The third kappa shape index (κ3) is 7.09. The SMILES string of the molecule is CC(C)CCN(C)CCCC(=O)Nc1ccc(F)cc1N. The van der Waals surface area contributed by atoms with E-state index >= 15 is 0 Å². The summed E-state index contributed by atoms with van der Waals surface area (Å²) >= 11 is 0. The van der Waals surface area contributed by atoms with Gasteiger partial charge in [-0.15, -0.1) is 0 Å². The number of hydrogen-bond donors (Lipinski definition) is 2. The molecule has 0 aliphatic carbocycles. The first-order valence-corrected chi connectivity index (χ1v) is 7.42. The normalized spacial score (nSPS) is 11.1. The zero-order valence-electron chi connectivity index (χ0n) is 13.2. The van der Waals surface area contributed by atoms with Crippen LogP contribution in [0.25, 0.3) is 0 Å². The van der Waals surface area contributed by atoms with Crippen molar-refractivity contribution in [2.45, 2.75) is 33.1 Å². The second kappa shape index (κ2) is 8.62. The first-order valence-electron chi connectivity index (χ1n) is 7.42. The molecule has 1 aromatic rings. The molecule has 0 radical (unpaired) electrons. The van der Waals surface area contributed by atoms with E-state index in [4.69, 9.17) is 5.73 Å². The minimum absolute atomic E-state index is 0.0921. The van der Waals surface area contributed by atoms with Crippen LogP contribution in [-0.2, 0) is 4.79 Å². The standard InChI is InChI=1S/C16H26FN3O/c1-12(2)8-10-20(3)9-4-5-16(21)19-15-7-6-13(17)11-14(15)18/h6-7,11-12H,4-5,8-10,18H2,1-3H3,(H,19,21). The molecule has 0 saturated heterocycles. The minimum Gasteiger partial charge on any atom is -0.397 e. The Morgan fingerprint density at radius 2 is 2.10 bits per heavy atom. The molecule has 21 heavy (non-hydrogen) atoms. The van der Waals surface area contributed by atoms with Crippen LogP contribution in [0.3, 0.4) is 0 Å². The highest BCUT2D eigenvalue weighted by Gasteiger charge is 2.07. The number of amides is 1. The van der Waals surface area contributed by atoms with Crippen molar-refractivity contribution in [3.63, 3.8) is 0 Å². The number of rotatable bonds is 8. The van der Waals surface area contributed by atoms with Gasteiger partial charge < -0.3 is 16.0 Å². The Labute approximate surface area is 126 Å². The van der Waals surface area contributed by atoms with Crippen molar-refractivity contribution >= 4 is 17.3 Å². The van der Waals surface area contributed by atoms with Gasteiger partial charge >= 0.3 is 0 Å². The van der Waals surface area contributed by atoms with Gasteiger partial charge in [0, 0.05) is 6.42 Å². The first kappa shape index (κ1) is 17.4. The number of carbonyl (C=O) groups is 1. The van der Waals surface area contributed by atoms with E-state index in [0.717, 1.165) is 25.9 Å². The van der Waals surface area contributed by atoms with Crippen LogP contribution < -0.4 is 11.1 Å². The second-order valence-electron chi connectivity index (χ2n) is 5.87. The molecule has 1 amide bonds. The third-order valence-electron chi connectivity index (χ3n) is 3.32. The van der Waals surface area contributed by atoms with Gasteiger partial charge in [-0.05, 0) is 57.1 Å². The molecule has 0 unspecified atom stereocenters. The highest BCUT2D eigenvalue weighted by molar-refractivity contribution is 5.93. The Morgan fingerprint density at radius 1 is 1.38 bits per heavy atom. The van der Waals surface area contributed by atoms with Crippen LogP contribution in [-0.4, -0.2) is 30.9 Å². The molecule has 1 aromatic carbocycles. The Balaban J connectivity index is 2.28. The monoisotopic (exact) mass is 295 g/mol. The highest BCUT2D eigenvalue weighted by Crippen LogP contribution is 2.19. The maximum Gasteiger partial charge on any atom is 0.224 e. The number of nitrogen functional groups attached to an aromatic ring is 1. The summed E-state index contributed by atoms with van der Waals surface area (Å²) in [7, 11) is 2.07. The molecule has 0 bridgehead atoms. The summed E-state index contributed by atoms with van der Waals surface area (Å²) in [5.74, 6) is 0.194. The average molecular weight is 295 g/mol. The van der Waals surface area contributed by atoms with Crippen LogP contribution in [0.4, 0.5) is 15.8 Å². The number of anilines is 2. The van der Waals surface area contributed by atoms with Crippen molar-refractivity contribution in [2.24, 2.45) is 5.92 Å². The Kier molecular flexibility index (Phi) is 7.15. The second-order valence-corrected chi connectivity index (χ2v) is 5.87. The number of carbonyl (C=O) groups excluding carboxylic acids is 1. The van der Waals surface area contributed by atoms with Gasteiger partial charge in [0.1, 0.15) is 5.82 Å². The number of nitrogens with two attached hydrogens (primary N) is 1. The summed E-state index contributed by atoms with van der Waals surface area (Å²) in [5.41, 5.74) is 6.37. The highest BCUT2D eigenvalue weighted by atomic mass is 19.1. The van der Waals surface area contributed by atoms with E-state index in [2.05, 4.69) is 31.1 Å². The molecular weight excluding hydrogens is 269 g/mol. The van der Waals surface area contributed by atoms with Gasteiger partial charge in [-0.3, -0.25) is 4.79 Å². The number of halogens is 1. The van der Waals surface area contributed by atoms with Crippen LogP contribution >= 0.6 is 0 Å². The van der Waals surface area contributed by atoms with Crippen molar-refractivity contribution in [1.82, 2.24) is 4.90 Å². The lowest BCUT2D eigenvalue weighted by Gasteiger charge is -2.17. The van der Waals surface area contributed by atoms with E-state index in [1.54, 1.807) is 0 Å². The van der Waals surface area contributed by atoms with Crippen LogP contribution in [0.2, 0.25) is 0 Å². The zero-order valence-corrected chi connectivity index (χ0v) is 13.2. The Bertz CT molecular complexity index is 463. The molecule has 1 rings (SSSR count). The van der Waals surface area contributed by atoms with Gasteiger partial charge in [-0.25, -0.2) is 4.39 Å².